The molecule has 1 saturated carbocycles. The molecule has 0 bridgehead atoms. The van der Waals surface area contributed by atoms with E-state index in [-0.39, 0.29) is 17.7 Å². The Labute approximate surface area is 95.5 Å². The number of hydrazine groups is 1. The Morgan fingerprint density at radius 1 is 1.50 bits per heavy atom. The highest BCUT2D eigenvalue weighted by atomic mass is 16.2. The summed E-state index contributed by atoms with van der Waals surface area (Å²) in [6.45, 7) is 2.61. The average molecular weight is 228 g/mol. The van der Waals surface area contributed by atoms with Gasteiger partial charge in [0.2, 0.25) is 11.8 Å². The summed E-state index contributed by atoms with van der Waals surface area (Å²) in [4.78, 5) is 24.4. The number of hydrogen-bond acceptors (Lipinski definition) is 4. The number of likely N-dealkylation sites (N-methyl/N-ethyl adjacent to an activating group) is 1. The van der Waals surface area contributed by atoms with Crippen LogP contribution in [0.15, 0.2) is 0 Å². The quantitative estimate of drug-likeness (QED) is 0.303. The van der Waals surface area contributed by atoms with Gasteiger partial charge in [-0.2, -0.15) is 0 Å². The number of nitrogens with two attached hydrogens (primary N) is 1. The van der Waals surface area contributed by atoms with Crippen LogP contribution in [0.2, 0.25) is 0 Å². The molecule has 2 amide bonds. The largest absolute Gasteiger partial charge is 0.352 e. The first-order chi connectivity index (χ1) is 7.52. The van der Waals surface area contributed by atoms with E-state index in [2.05, 4.69) is 10.7 Å². The van der Waals surface area contributed by atoms with Gasteiger partial charge in [-0.05, 0) is 19.9 Å². The molecule has 0 spiro atoms. The van der Waals surface area contributed by atoms with Crippen LogP contribution in [0.25, 0.3) is 0 Å². The maximum absolute atomic E-state index is 11.4. The Bertz CT molecular complexity index is 266. The van der Waals surface area contributed by atoms with Gasteiger partial charge in [0, 0.05) is 18.5 Å². The number of amides is 2. The molecule has 1 unspecified atom stereocenters. The van der Waals surface area contributed by atoms with Gasteiger partial charge in [-0.25, -0.2) is 5.84 Å². The zero-order valence-corrected chi connectivity index (χ0v) is 9.82. The summed E-state index contributed by atoms with van der Waals surface area (Å²) in [5.74, 6) is 4.61. The fraction of sp³-hybridized carbons (Fsp3) is 0.800. The van der Waals surface area contributed by atoms with Gasteiger partial charge in [-0.3, -0.25) is 19.9 Å². The maximum Gasteiger partial charge on any atom is 0.237 e. The summed E-state index contributed by atoms with van der Waals surface area (Å²) in [6.07, 6.45) is 2.17. The molecule has 16 heavy (non-hydrogen) atoms. The second-order valence-electron chi connectivity index (χ2n) is 4.45. The standard InChI is InChI=1S/C10H20N4O2/c1-7(10(16)13-11)5-14(2)6-9(15)12-8-3-4-8/h7-8H,3-6,11H2,1-2H3,(H,12,15)(H,13,16). The molecule has 0 aromatic rings. The van der Waals surface area contributed by atoms with Crippen LogP contribution in [-0.4, -0.2) is 42.9 Å². The lowest BCUT2D eigenvalue weighted by atomic mass is 10.1. The Kier molecular flexibility index (Phi) is 4.70. The molecular formula is C10H20N4O2. The highest BCUT2D eigenvalue weighted by Gasteiger charge is 2.24. The Hall–Kier alpha value is -1.14. The van der Waals surface area contributed by atoms with Gasteiger partial charge < -0.3 is 5.32 Å². The van der Waals surface area contributed by atoms with Crippen molar-refractivity contribution < 1.29 is 9.59 Å². The van der Waals surface area contributed by atoms with Crippen LogP contribution in [0, 0.1) is 5.92 Å². The first-order valence-electron chi connectivity index (χ1n) is 5.51. The van der Waals surface area contributed by atoms with Gasteiger partial charge in [0.15, 0.2) is 0 Å². The first-order valence-corrected chi connectivity index (χ1v) is 5.51. The predicted octanol–water partition coefficient (Wildman–Crippen LogP) is -1.18. The molecule has 0 radical (unpaired) electrons. The molecule has 1 atom stereocenters. The molecule has 0 aromatic carbocycles. The smallest absolute Gasteiger partial charge is 0.237 e. The topological polar surface area (TPSA) is 87.5 Å². The van der Waals surface area contributed by atoms with Gasteiger partial charge in [0.05, 0.1) is 6.54 Å². The number of nitrogens with zero attached hydrogens (tertiary/aromatic N) is 1. The lowest BCUT2D eigenvalue weighted by Crippen LogP contribution is -2.42. The van der Waals surface area contributed by atoms with Crippen molar-refractivity contribution in [3.63, 3.8) is 0 Å². The van der Waals surface area contributed by atoms with Crippen LogP contribution in [0.1, 0.15) is 19.8 Å². The van der Waals surface area contributed by atoms with E-state index in [0.29, 0.717) is 19.1 Å². The molecule has 0 saturated heterocycles. The second-order valence-corrected chi connectivity index (χ2v) is 4.45. The van der Waals surface area contributed by atoms with Crippen LogP contribution >= 0.6 is 0 Å². The van der Waals surface area contributed by atoms with E-state index in [1.165, 1.54) is 0 Å². The van der Waals surface area contributed by atoms with Gasteiger partial charge in [0.25, 0.3) is 0 Å². The van der Waals surface area contributed by atoms with Crippen molar-refractivity contribution in [1.82, 2.24) is 15.6 Å². The molecule has 1 aliphatic carbocycles. The second kappa shape index (κ2) is 5.81. The number of hydrogen-bond donors (Lipinski definition) is 3. The Balaban J connectivity index is 2.20. The SMILES string of the molecule is CC(CN(C)CC(=O)NC1CC1)C(=O)NN. The molecule has 1 rings (SSSR count). The third-order valence-corrected chi connectivity index (χ3v) is 2.53. The summed E-state index contributed by atoms with van der Waals surface area (Å²) >= 11 is 0. The van der Waals surface area contributed by atoms with Crippen molar-refractivity contribution in [1.29, 1.82) is 0 Å². The number of nitrogens with one attached hydrogen (secondary N) is 2. The van der Waals surface area contributed by atoms with Crippen LogP contribution < -0.4 is 16.6 Å². The summed E-state index contributed by atoms with van der Waals surface area (Å²) in [6, 6.07) is 0.380. The van der Waals surface area contributed by atoms with Crippen molar-refractivity contribution in [2.75, 3.05) is 20.1 Å². The Morgan fingerprint density at radius 2 is 2.12 bits per heavy atom. The van der Waals surface area contributed by atoms with Crippen LogP contribution in [0.4, 0.5) is 0 Å². The van der Waals surface area contributed by atoms with E-state index in [1.807, 2.05) is 11.9 Å². The summed E-state index contributed by atoms with van der Waals surface area (Å²) in [5.41, 5.74) is 2.10. The van der Waals surface area contributed by atoms with E-state index in [0.717, 1.165) is 12.8 Å². The summed E-state index contributed by atoms with van der Waals surface area (Å²) in [5, 5.41) is 2.90. The van der Waals surface area contributed by atoms with E-state index >= 15 is 0 Å². The zero-order chi connectivity index (χ0) is 12.1. The molecular weight excluding hydrogens is 208 g/mol. The fourth-order valence-electron chi connectivity index (χ4n) is 1.50. The minimum Gasteiger partial charge on any atom is -0.352 e. The Morgan fingerprint density at radius 3 is 2.62 bits per heavy atom. The fourth-order valence-corrected chi connectivity index (χ4v) is 1.50. The lowest BCUT2D eigenvalue weighted by Gasteiger charge is -2.19. The molecule has 0 heterocycles. The third kappa shape index (κ3) is 4.59. The molecule has 0 aromatic heterocycles. The lowest BCUT2D eigenvalue weighted by molar-refractivity contribution is -0.126. The highest BCUT2D eigenvalue weighted by molar-refractivity contribution is 5.79. The first kappa shape index (κ1) is 12.9. The molecule has 92 valence electrons. The van der Waals surface area contributed by atoms with Gasteiger partial charge in [0.1, 0.15) is 0 Å². The number of carbonyl (C=O) groups excluding carboxylic acids is 2. The molecule has 6 nitrogen and oxygen atoms in total. The molecule has 6 heteroatoms. The van der Waals surface area contributed by atoms with Crippen LogP contribution in [-0.2, 0) is 9.59 Å². The van der Waals surface area contributed by atoms with Crippen molar-refractivity contribution in [2.45, 2.75) is 25.8 Å². The summed E-state index contributed by atoms with van der Waals surface area (Å²) < 4.78 is 0. The highest BCUT2D eigenvalue weighted by Crippen LogP contribution is 2.18. The molecule has 1 aliphatic rings. The van der Waals surface area contributed by atoms with Crippen molar-refractivity contribution in [3.8, 4) is 0 Å². The number of carbonyl (C=O) groups is 2. The maximum atomic E-state index is 11.4. The zero-order valence-electron chi connectivity index (χ0n) is 9.82. The van der Waals surface area contributed by atoms with Crippen molar-refractivity contribution in [2.24, 2.45) is 11.8 Å². The third-order valence-electron chi connectivity index (χ3n) is 2.53. The minimum atomic E-state index is -0.219. The monoisotopic (exact) mass is 228 g/mol. The molecule has 4 N–H and O–H groups in total. The normalized spacial score (nSPS) is 17.0. The molecule has 0 aliphatic heterocycles. The van der Waals surface area contributed by atoms with Gasteiger partial charge in [-0.1, -0.05) is 6.92 Å². The van der Waals surface area contributed by atoms with Gasteiger partial charge >= 0.3 is 0 Å². The van der Waals surface area contributed by atoms with Gasteiger partial charge in [-0.15, -0.1) is 0 Å². The van der Waals surface area contributed by atoms with E-state index < -0.39 is 0 Å². The van der Waals surface area contributed by atoms with Crippen molar-refractivity contribution >= 4 is 11.8 Å². The van der Waals surface area contributed by atoms with E-state index in [1.54, 1.807) is 6.92 Å². The number of rotatable bonds is 6. The van der Waals surface area contributed by atoms with Crippen LogP contribution in [0.3, 0.4) is 0 Å². The predicted molar refractivity (Wildman–Crippen MR) is 60.2 cm³/mol. The van der Waals surface area contributed by atoms with Crippen LogP contribution in [0.5, 0.6) is 0 Å². The van der Waals surface area contributed by atoms with E-state index in [4.69, 9.17) is 5.84 Å². The summed E-state index contributed by atoms with van der Waals surface area (Å²) in [7, 11) is 1.81. The average Bonchev–Trinajstić information content (AvgIpc) is 2.99. The van der Waals surface area contributed by atoms with Crippen molar-refractivity contribution in [3.05, 3.63) is 0 Å². The minimum absolute atomic E-state index is 0.0188. The van der Waals surface area contributed by atoms with E-state index in [9.17, 15) is 9.59 Å². The molecule has 1 fully saturated rings.